The monoisotopic (exact) mass is 293 g/mol. The molecule has 0 fully saturated rings. The molecule has 0 aliphatic rings. The molecule has 0 spiro atoms. The third kappa shape index (κ3) is 5.94. The van der Waals surface area contributed by atoms with Gasteiger partial charge >= 0.3 is 0 Å². The van der Waals surface area contributed by atoms with E-state index in [1.165, 1.54) is 13.8 Å². The molecule has 3 N–H and O–H groups in total. The summed E-state index contributed by atoms with van der Waals surface area (Å²) >= 11 is 0. The van der Waals surface area contributed by atoms with Gasteiger partial charge in [-0.3, -0.25) is 25.2 Å². The number of methoxy groups -OCH3 is 1. The van der Waals surface area contributed by atoms with E-state index in [2.05, 4.69) is 16.2 Å². The van der Waals surface area contributed by atoms with Crippen molar-refractivity contribution in [1.29, 1.82) is 0 Å². The molecule has 7 nitrogen and oxygen atoms in total. The molecule has 7 heteroatoms. The van der Waals surface area contributed by atoms with E-state index in [0.717, 1.165) is 5.56 Å². The number of carbonyl (C=O) groups excluding carboxylic acids is 3. The first-order valence-corrected chi connectivity index (χ1v) is 6.39. The van der Waals surface area contributed by atoms with Crippen molar-refractivity contribution in [3.05, 3.63) is 29.8 Å². The van der Waals surface area contributed by atoms with Gasteiger partial charge in [0.1, 0.15) is 5.75 Å². The summed E-state index contributed by atoms with van der Waals surface area (Å²) in [7, 11) is 1.56. The number of hydrogen-bond donors (Lipinski definition) is 3. The van der Waals surface area contributed by atoms with Crippen molar-refractivity contribution in [2.24, 2.45) is 0 Å². The fraction of sp³-hybridized carbons (Fsp3) is 0.357. The Hall–Kier alpha value is -2.57. The Morgan fingerprint density at radius 1 is 1.05 bits per heavy atom. The highest BCUT2D eigenvalue weighted by molar-refractivity contribution is 5.82. The van der Waals surface area contributed by atoms with Gasteiger partial charge in [-0.05, 0) is 17.7 Å². The van der Waals surface area contributed by atoms with E-state index in [4.69, 9.17) is 4.74 Å². The normalized spacial score (nSPS) is 11.2. The highest BCUT2D eigenvalue weighted by atomic mass is 16.5. The number of carbonyl (C=O) groups is 3. The summed E-state index contributed by atoms with van der Waals surface area (Å²) in [6.07, 6.45) is 0.00614. The molecule has 1 aromatic rings. The lowest BCUT2D eigenvalue weighted by atomic mass is 10.0. The van der Waals surface area contributed by atoms with Crippen LogP contribution < -0.4 is 20.9 Å². The van der Waals surface area contributed by atoms with Crippen LogP contribution in [0.2, 0.25) is 0 Å². The first-order valence-electron chi connectivity index (χ1n) is 6.39. The molecular weight excluding hydrogens is 274 g/mol. The highest BCUT2D eigenvalue weighted by Crippen LogP contribution is 2.20. The minimum absolute atomic E-state index is 0.00614. The van der Waals surface area contributed by atoms with Gasteiger partial charge in [-0.15, -0.1) is 0 Å². The molecule has 0 saturated carbocycles. The molecule has 3 amide bonds. The van der Waals surface area contributed by atoms with Crippen LogP contribution in [-0.2, 0) is 14.4 Å². The van der Waals surface area contributed by atoms with Gasteiger partial charge in [0, 0.05) is 13.8 Å². The number of rotatable bonds is 5. The van der Waals surface area contributed by atoms with Crippen LogP contribution in [0, 0.1) is 0 Å². The predicted octanol–water partition coefficient (Wildman–Crippen LogP) is 0.430. The number of amides is 3. The van der Waals surface area contributed by atoms with Crippen LogP contribution in [0.15, 0.2) is 24.3 Å². The van der Waals surface area contributed by atoms with E-state index in [9.17, 15) is 14.4 Å². The van der Waals surface area contributed by atoms with E-state index in [0.29, 0.717) is 5.75 Å². The van der Waals surface area contributed by atoms with Crippen molar-refractivity contribution < 1.29 is 19.1 Å². The molecule has 0 bridgehead atoms. The van der Waals surface area contributed by atoms with Gasteiger partial charge in [0.2, 0.25) is 17.7 Å². The molecule has 0 aromatic heterocycles. The highest BCUT2D eigenvalue weighted by Gasteiger charge is 2.17. The molecule has 1 aromatic carbocycles. The van der Waals surface area contributed by atoms with Gasteiger partial charge in [0.15, 0.2) is 0 Å². The minimum atomic E-state index is -0.484. The SMILES string of the molecule is COc1ccc(C(CC(=O)NNC(C)=O)NC(C)=O)cc1. The number of hydrogen-bond acceptors (Lipinski definition) is 4. The number of benzene rings is 1. The van der Waals surface area contributed by atoms with Gasteiger partial charge < -0.3 is 10.1 Å². The Balaban J connectivity index is 2.76. The molecule has 1 atom stereocenters. The third-order valence-corrected chi connectivity index (χ3v) is 2.66. The first-order chi connectivity index (χ1) is 9.92. The number of nitrogens with one attached hydrogen (secondary N) is 3. The average Bonchev–Trinajstić information content (AvgIpc) is 2.44. The molecule has 1 unspecified atom stereocenters. The van der Waals surface area contributed by atoms with Crippen LogP contribution in [-0.4, -0.2) is 24.8 Å². The van der Waals surface area contributed by atoms with E-state index in [1.54, 1.807) is 31.4 Å². The molecular formula is C14H19N3O4. The standard InChI is InChI=1S/C14H19N3O4/c1-9(18)15-13(8-14(20)17-16-10(2)19)11-4-6-12(21-3)7-5-11/h4-7,13H,8H2,1-3H3,(H,15,18)(H,16,19)(H,17,20). The van der Waals surface area contributed by atoms with Gasteiger partial charge in [0.05, 0.1) is 19.6 Å². The summed E-state index contributed by atoms with van der Waals surface area (Å²) < 4.78 is 5.06. The molecule has 0 heterocycles. The summed E-state index contributed by atoms with van der Waals surface area (Å²) in [5.41, 5.74) is 5.23. The van der Waals surface area contributed by atoms with Gasteiger partial charge in [-0.1, -0.05) is 12.1 Å². The summed E-state index contributed by atoms with van der Waals surface area (Å²) in [5.74, 6) is -0.338. The van der Waals surface area contributed by atoms with E-state index < -0.39 is 11.9 Å². The Morgan fingerprint density at radius 3 is 2.14 bits per heavy atom. The smallest absolute Gasteiger partial charge is 0.240 e. The molecule has 114 valence electrons. The maximum absolute atomic E-state index is 11.7. The number of ether oxygens (including phenoxy) is 1. The van der Waals surface area contributed by atoms with E-state index in [-0.39, 0.29) is 18.2 Å². The zero-order chi connectivity index (χ0) is 15.8. The van der Waals surface area contributed by atoms with Crippen molar-refractivity contribution in [2.45, 2.75) is 26.3 Å². The van der Waals surface area contributed by atoms with Crippen LogP contribution in [0.25, 0.3) is 0 Å². The van der Waals surface area contributed by atoms with Crippen LogP contribution >= 0.6 is 0 Å². The predicted molar refractivity (Wildman–Crippen MR) is 76.1 cm³/mol. The quantitative estimate of drug-likeness (QED) is 0.686. The largest absolute Gasteiger partial charge is 0.497 e. The van der Waals surface area contributed by atoms with Crippen molar-refractivity contribution in [2.75, 3.05) is 7.11 Å². The molecule has 0 aliphatic heterocycles. The first kappa shape index (κ1) is 16.5. The molecule has 0 radical (unpaired) electrons. The van der Waals surface area contributed by atoms with Crippen molar-refractivity contribution in [3.63, 3.8) is 0 Å². The Bertz CT molecular complexity index is 513. The van der Waals surface area contributed by atoms with Crippen LogP contribution in [0.5, 0.6) is 5.75 Å². The lowest BCUT2D eigenvalue weighted by molar-refractivity contribution is -0.128. The second-order valence-corrected chi connectivity index (χ2v) is 4.46. The van der Waals surface area contributed by atoms with Gasteiger partial charge in [0.25, 0.3) is 0 Å². The third-order valence-electron chi connectivity index (χ3n) is 2.66. The van der Waals surface area contributed by atoms with E-state index in [1.807, 2.05) is 0 Å². The van der Waals surface area contributed by atoms with Crippen molar-refractivity contribution in [3.8, 4) is 5.75 Å². The fourth-order valence-corrected chi connectivity index (χ4v) is 1.73. The van der Waals surface area contributed by atoms with Crippen molar-refractivity contribution in [1.82, 2.24) is 16.2 Å². The summed E-state index contributed by atoms with van der Waals surface area (Å²) in [6, 6.07) is 6.55. The maximum Gasteiger partial charge on any atom is 0.240 e. The lowest BCUT2D eigenvalue weighted by Crippen LogP contribution is -2.42. The molecule has 1 rings (SSSR count). The molecule has 21 heavy (non-hydrogen) atoms. The zero-order valence-electron chi connectivity index (χ0n) is 12.2. The Morgan fingerprint density at radius 2 is 1.67 bits per heavy atom. The fourth-order valence-electron chi connectivity index (χ4n) is 1.73. The molecule has 0 saturated heterocycles. The second-order valence-electron chi connectivity index (χ2n) is 4.46. The zero-order valence-corrected chi connectivity index (χ0v) is 12.2. The van der Waals surface area contributed by atoms with Crippen LogP contribution in [0.3, 0.4) is 0 Å². The van der Waals surface area contributed by atoms with Crippen molar-refractivity contribution >= 4 is 17.7 Å². The summed E-state index contributed by atoms with van der Waals surface area (Å²) in [5, 5.41) is 2.70. The average molecular weight is 293 g/mol. The van der Waals surface area contributed by atoms with Crippen LogP contribution in [0.4, 0.5) is 0 Å². The summed E-state index contributed by atoms with van der Waals surface area (Å²) in [4.78, 5) is 33.7. The van der Waals surface area contributed by atoms with Gasteiger partial charge in [-0.25, -0.2) is 0 Å². The van der Waals surface area contributed by atoms with E-state index >= 15 is 0 Å². The maximum atomic E-state index is 11.7. The number of hydrazine groups is 1. The second kappa shape index (κ2) is 7.88. The van der Waals surface area contributed by atoms with Gasteiger partial charge in [-0.2, -0.15) is 0 Å². The lowest BCUT2D eigenvalue weighted by Gasteiger charge is -2.18. The summed E-state index contributed by atoms with van der Waals surface area (Å²) in [6.45, 7) is 2.66. The molecule has 0 aliphatic carbocycles. The van der Waals surface area contributed by atoms with Crippen LogP contribution in [0.1, 0.15) is 31.9 Å². The Labute approximate surface area is 123 Å². The minimum Gasteiger partial charge on any atom is -0.497 e. The Kier molecular flexibility index (Phi) is 6.19. The topological polar surface area (TPSA) is 96.5 Å².